The molecule has 0 spiro atoms. The summed E-state index contributed by atoms with van der Waals surface area (Å²) in [5, 5.41) is 6.25. The molecule has 0 saturated carbocycles. The summed E-state index contributed by atoms with van der Waals surface area (Å²) in [6.07, 6.45) is 13.8. The van der Waals surface area contributed by atoms with Gasteiger partial charge in [-0.15, -0.1) is 0 Å². The summed E-state index contributed by atoms with van der Waals surface area (Å²) in [6.45, 7) is 10.4. The highest BCUT2D eigenvalue weighted by molar-refractivity contribution is 5.06. The Morgan fingerprint density at radius 1 is 0.944 bits per heavy atom. The van der Waals surface area contributed by atoms with E-state index < -0.39 is 0 Å². The number of aromatic nitrogens is 1. The van der Waals surface area contributed by atoms with Crippen LogP contribution in [-0.4, -0.2) is 0 Å². The van der Waals surface area contributed by atoms with Gasteiger partial charge < -0.3 is 11.8 Å². The maximum atomic E-state index is 6.25. The molecular formula is C16H26N2. The lowest BCUT2D eigenvalue weighted by Crippen LogP contribution is -2.32. The Morgan fingerprint density at radius 2 is 1.50 bits per heavy atom. The molecule has 1 aromatic heterocycles. The van der Waals surface area contributed by atoms with Crippen molar-refractivity contribution in [1.82, 2.24) is 0 Å². The Labute approximate surface area is 112 Å². The molecule has 0 aromatic carbocycles. The van der Waals surface area contributed by atoms with E-state index in [0.717, 1.165) is 6.42 Å². The van der Waals surface area contributed by atoms with Crippen LogP contribution in [0.2, 0.25) is 0 Å². The second kappa shape index (κ2) is 12.1. The second-order valence-corrected chi connectivity index (χ2v) is 4.57. The van der Waals surface area contributed by atoms with Crippen molar-refractivity contribution in [2.75, 3.05) is 0 Å². The van der Waals surface area contributed by atoms with Crippen LogP contribution in [0.1, 0.15) is 57.9 Å². The van der Waals surface area contributed by atoms with E-state index in [9.17, 15) is 0 Å². The molecular weight excluding hydrogens is 220 g/mol. The highest BCUT2D eigenvalue weighted by Crippen LogP contribution is 2.04. The van der Waals surface area contributed by atoms with Crippen LogP contribution in [0.5, 0.6) is 0 Å². The molecule has 1 aromatic rings. The van der Waals surface area contributed by atoms with Gasteiger partial charge in [0.25, 0.3) is 0 Å². The third-order valence-corrected chi connectivity index (χ3v) is 3.14. The summed E-state index contributed by atoms with van der Waals surface area (Å²) in [7, 11) is 0. The second-order valence-electron chi connectivity index (χ2n) is 4.57. The molecule has 18 heavy (non-hydrogen) atoms. The predicted octanol–water partition coefficient (Wildman–Crippen LogP) is 3.99. The molecule has 0 atom stereocenters. The van der Waals surface area contributed by atoms with E-state index in [4.69, 9.17) is 11.8 Å². The first-order valence-electron chi connectivity index (χ1n) is 7.07. The molecule has 0 saturated heterocycles. The lowest BCUT2D eigenvalue weighted by molar-refractivity contribution is -0.697. The molecule has 2 heteroatoms. The molecule has 0 bridgehead atoms. The lowest BCUT2D eigenvalue weighted by Gasteiger charge is -1.99. The van der Waals surface area contributed by atoms with Crippen molar-refractivity contribution < 1.29 is 4.57 Å². The number of unbranched alkanes of at least 4 members (excludes halogenated alkanes) is 5. The Bertz CT molecular complexity index is 301. The highest BCUT2D eigenvalue weighted by Gasteiger charge is 1.99. The Kier molecular flexibility index (Phi) is 11.2. The molecule has 0 aliphatic rings. The van der Waals surface area contributed by atoms with Crippen LogP contribution >= 0.6 is 0 Å². The van der Waals surface area contributed by atoms with Gasteiger partial charge in [-0.25, -0.2) is 4.57 Å². The molecule has 0 aliphatic carbocycles. The van der Waals surface area contributed by atoms with Gasteiger partial charge >= 0.3 is 0 Å². The van der Waals surface area contributed by atoms with E-state index in [1.165, 1.54) is 50.6 Å². The summed E-state index contributed by atoms with van der Waals surface area (Å²) in [5.74, 6) is 0. The number of nitrogens with zero attached hydrogens (tertiary/aromatic N) is 2. The van der Waals surface area contributed by atoms with Gasteiger partial charge in [-0.3, -0.25) is 0 Å². The quantitative estimate of drug-likeness (QED) is 0.387. The zero-order chi connectivity index (χ0) is 13.6. The maximum Gasteiger partial charge on any atom is 0.169 e. The van der Waals surface area contributed by atoms with E-state index in [1.54, 1.807) is 0 Å². The van der Waals surface area contributed by atoms with Gasteiger partial charge in [-0.05, 0) is 18.4 Å². The average molecular weight is 246 g/mol. The summed E-state index contributed by atoms with van der Waals surface area (Å²) >= 11 is 0. The fourth-order valence-corrected chi connectivity index (χ4v) is 1.95. The van der Waals surface area contributed by atoms with Crippen LogP contribution in [0, 0.1) is 11.8 Å². The molecule has 2 nitrogen and oxygen atoms in total. The highest BCUT2D eigenvalue weighted by atomic mass is 14.9. The molecule has 0 amide bonds. The van der Waals surface area contributed by atoms with Crippen molar-refractivity contribution >= 4 is 0 Å². The summed E-state index contributed by atoms with van der Waals surface area (Å²) in [6, 6.07) is 4.47. The summed E-state index contributed by atoms with van der Waals surface area (Å²) < 4.78 is 2.30. The lowest BCUT2D eigenvalue weighted by atomic mass is 10.1. The minimum absolute atomic E-state index is 1.14. The molecule has 0 unspecified atom stereocenters. The number of pyridine rings is 1. The maximum absolute atomic E-state index is 6.25. The van der Waals surface area contributed by atoms with Crippen LogP contribution in [0.3, 0.4) is 0 Å². The average Bonchev–Trinajstić information content (AvgIpc) is 2.45. The van der Waals surface area contributed by atoms with E-state index in [0.29, 0.717) is 0 Å². The third-order valence-electron chi connectivity index (χ3n) is 3.14. The molecule has 0 radical (unpaired) electrons. The van der Waals surface area contributed by atoms with Gasteiger partial charge in [0.05, 0.1) is 0 Å². The third kappa shape index (κ3) is 7.84. The van der Waals surface area contributed by atoms with Crippen molar-refractivity contribution in [1.29, 1.82) is 5.26 Å². The van der Waals surface area contributed by atoms with Gasteiger partial charge in [0.1, 0.15) is 6.54 Å². The van der Waals surface area contributed by atoms with Gasteiger partial charge in [0, 0.05) is 18.6 Å². The van der Waals surface area contributed by atoms with Crippen molar-refractivity contribution in [3.8, 4) is 0 Å². The fourth-order valence-electron chi connectivity index (χ4n) is 1.95. The SMILES string of the molecule is CCCCCCCC[n+]1ccc(CC)cc1.[C-]#N. The number of hydrogen-bond donors (Lipinski definition) is 0. The van der Waals surface area contributed by atoms with E-state index >= 15 is 0 Å². The first kappa shape index (κ1) is 16.6. The summed E-state index contributed by atoms with van der Waals surface area (Å²) in [5.41, 5.74) is 1.43. The van der Waals surface area contributed by atoms with Crippen LogP contribution in [0.15, 0.2) is 24.5 Å². The van der Waals surface area contributed by atoms with E-state index in [2.05, 4.69) is 42.9 Å². The molecule has 0 fully saturated rings. The van der Waals surface area contributed by atoms with Gasteiger partial charge in [-0.1, -0.05) is 39.5 Å². The topological polar surface area (TPSA) is 27.7 Å². The van der Waals surface area contributed by atoms with Crippen LogP contribution < -0.4 is 4.57 Å². The van der Waals surface area contributed by atoms with Gasteiger partial charge in [-0.2, -0.15) is 0 Å². The largest absolute Gasteiger partial charge is 0.512 e. The van der Waals surface area contributed by atoms with Crippen LogP contribution in [0.4, 0.5) is 0 Å². The first-order chi connectivity index (χ1) is 8.86. The smallest absolute Gasteiger partial charge is 0.169 e. The van der Waals surface area contributed by atoms with E-state index in [1.807, 2.05) is 0 Å². The summed E-state index contributed by atoms with van der Waals surface area (Å²) in [4.78, 5) is 0. The van der Waals surface area contributed by atoms with E-state index in [-0.39, 0.29) is 0 Å². The van der Waals surface area contributed by atoms with Crippen molar-refractivity contribution in [2.24, 2.45) is 0 Å². The molecule has 0 aliphatic heterocycles. The van der Waals surface area contributed by atoms with Crippen molar-refractivity contribution in [3.63, 3.8) is 0 Å². The minimum atomic E-state index is 1.14. The Morgan fingerprint density at radius 3 is 2.06 bits per heavy atom. The molecule has 1 rings (SSSR count). The van der Waals surface area contributed by atoms with Gasteiger partial charge in [0.15, 0.2) is 12.4 Å². The first-order valence-corrected chi connectivity index (χ1v) is 7.07. The predicted molar refractivity (Wildman–Crippen MR) is 74.4 cm³/mol. The number of hydrogen-bond acceptors (Lipinski definition) is 1. The fraction of sp³-hybridized carbons (Fsp3) is 0.625. The molecule has 100 valence electrons. The Hall–Kier alpha value is -1.36. The number of rotatable bonds is 8. The zero-order valence-electron chi connectivity index (χ0n) is 11.9. The van der Waals surface area contributed by atoms with Crippen molar-refractivity contribution in [3.05, 3.63) is 36.7 Å². The standard InChI is InChI=1S/C15H26N.CN/c1-3-5-6-7-8-9-12-16-13-10-15(4-2)11-14-16;1-2/h10-11,13-14H,3-9,12H2,1-2H3;/q+1;-1. The van der Waals surface area contributed by atoms with Crippen LogP contribution in [0.25, 0.3) is 0 Å². The Balaban J connectivity index is 0.00000137. The number of aryl methyl sites for hydroxylation is 2. The van der Waals surface area contributed by atoms with Crippen molar-refractivity contribution in [2.45, 2.75) is 65.3 Å². The molecule has 0 N–H and O–H groups in total. The van der Waals surface area contributed by atoms with Gasteiger partial charge in [0.2, 0.25) is 0 Å². The minimum Gasteiger partial charge on any atom is -0.512 e. The normalized spacial score (nSPS) is 9.56. The zero-order valence-corrected chi connectivity index (χ0v) is 11.9. The van der Waals surface area contributed by atoms with Crippen LogP contribution in [-0.2, 0) is 13.0 Å². The molecule has 1 heterocycles. The monoisotopic (exact) mass is 246 g/mol.